The molecular weight excluding hydrogens is 357 g/mol. The van der Waals surface area contributed by atoms with E-state index in [1.54, 1.807) is 12.3 Å². The van der Waals surface area contributed by atoms with Crippen molar-refractivity contribution >= 4 is 11.6 Å². The van der Waals surface area contributed by atoms with Crippen molar-refractivity contribution in [3.63, 3.8) is 0 Å². The average molecular weight is 383 g/mol. The third-order valence-corrected chi connectivity index (χ3v) is 5.60. The minimum Gasteiger partial charge on any atom is -0.489 e. The van der Waals surface area contributed by atoms with Crippen LogP contribution in [0, 0.1) is 5.82 Å². The van der Waals surface area contributed by atoms with Gasteiger partial charge in [0.2, 0.25) is 5.91 Å². The molecule has 1 aliphatic carbocycles. The van der Waals surface area contributed by atoms with E-state index in [0.29, 0.717) is 30.3 Å². The Kier molecular flexibility index (Phi) is 5.20. The normalized spacial score (nSPS) is 20.2. The number of anilines is 1. The summed E-state index contributed by atoms with van der Waals surface area (Å²) in [5.74, 6) is 0.704. The van der Waals surface area contributed by atoms with Crippen LogP contribution in [-0.2, 0) is 4.79 Å². The smallest absolute Gasteiger partial charge is 0.218 e. The molecular formula is C22H26FN3O2. The molecule has 1 saturated carbocycles. The number of ether oxygens (including phenoxy) is 1. The Hall–Kier alpha value is -2.63. The topological polar surface area (TPSA) is 68.5 Å². The number of halogens is 1. The van der Waals surface area contributed by atoms with E-state index in [9.17, 15) is 9.18 Å². The first-order valence-corrected chi connectivity index (χ1v) is 9.95. The van der Waals surface area contributed by atoms with Gasteiger partial charge in [-0.05, 0) is 42.5 Å². The number of carbonyl (C=O) groups is 1. The molecule has 28 heavy (non-hydrogen) atoms. The van der Waals surface area contributed by atoms with Gasteiger partial charge in [-0.15, -0.1) is 0 Å². The zero-order chi connectivity index (χ0) is 19.7. The first-order chi connectivity index (χ1) is 13.5. The van der Waals surface area contributed by atoms with Crippen molar-refractivity contribution in [3.8, 4) is 5.75 Å². The molecule has 148 valence electrons. The Labute approximate surface area is 164 Å². The molecule has 1 amide bonds. The quantitative estimate of drug-likeness (QED) is 0.791. The van der Waals surface area contributed by atoms with Gasteiger partial charge in [0.1, 0.15) is 11.9 Å². The summed E-state index contributed by atoms with van der Waals surface area (Å²) in [5, 5.41) is 0. The van der Waals surface area contributed by atoms with Gasteiger partial charge in [0, 0.05) is 31.5 Å². The largest absolute Gasteiger partial charge is 0.489 e. The predicted octanol–water partition coefficient (Wildman–Crippen LogP) is 3.73. The number of aromatic nitrogens is 1. The van der Waals surface area contributed by atoms with Crippen LogP contribution in [0.1, 0.15) is 55.7 Å². The number of pyridine rings is 1. The Morgan fingerprint density at radius 2 is 2.04 bits per heavy atom. The molecule has 2 atom stereocenters. The van der Waals surface area contributed by atoms with E-state index in [2.05, 4.69) is 9.88 Å². The predicted molar refractivity (Wildman–Crippen MR) is 106 cm³/mol. The molecule has 1 aliphatic heterocycles. The van der Waals surface area contributed by atoms with Crippen LogP contribution in [0.25, 0.3) is 0 Å². The van der Waals surface area contributed by atoms with Crippen LogP contribution in [0.15, 0.2) is 36.5 Å². The number of rotatable bonds is 7. The number of amides is 1. The van der Waals surface area contributed by atoms with Crippen LogP contribution in [0.4, 0.5) is 10.1 Å². The molecule has 4 rings (SSSR count). The standard InChI is InChI=1S/C22H26FN3O2/c1-14(12-20(24)27)15-4-6-17(7-5-15)28-18-9-11-26(13-18)19-8-10-25-22(21(19)23)16-2-3-16/h4-8,10,14,16,18H,2-3,9,11-13H2,1H3,(H2,24,27)/t14-,18+/m0/s1. The highest BCUT2D eigenvalue weighted by atomic mass is 19.1. The van der Waals surface area contributed by atoms with Crippen molar-refractivity contribution in [2.24, 2.45) is 5.73 Å². The minimum atomic E-state index is -0.299. The van der Waals surface area contributed by atoms with E-state index < -0.39 is 0 Å². The average Bonchev–Trinajstić information content (AvgIpc) is 3.41. The molecule has 1 aromatic heterocycles. The Morgan fingerprint density at radius 3 is 2.71 bits per heavy atom. The summed E-state index contributed by atoms with van der Waals surface area (Å²) in [4.78, 5) is 17.4. The summed E-state index contributed by atoms with van der Waals surface area (Å²) in [6, 6.07) is 9.56. The number of primary amides is 1. The highest BCUT2D eigenvalue weighted by Crippen LogP contribution is 2.42. The fourth-order valence-corrected chi connectivity index (χ4v) is 3.87. The SMILES string of the molecule is C[C@@H](CC(N)=O)c1ccc(O[C@@H]2CCN(c3ccnc(C4CC4)c3F)C2)cc1. The van der Waals surface area contributed by atoms with Gasteiger partial charge in [0.15, 0.2) is 5.82 Å². The number of carbonyl (C=O) groups excluding carboxylic acids is 1. The molecule has 2 aliphatic rings. The number of benzene rings is 1. The van der Waals surface area contributed by atoms with Crippen LogP contribution in [0.3, 0.4) is 0 Å². The molecule has 2 heterocycles. The summed E-state index contributed by atoms with van der Waals surface area (Å²) in [5.41, 5.74) is 7.58. The van der Waals surface area contributed by atoms with Crippen LogP contribution < -0.4 is 15.4 Å². The van der Waals surface area contributed by atoms with Gasteiger partial charge in [-0.1, -0.05) is 19.1 Å². The van der Waals surface area contributed by atoms with E-state index in [-0.39, 0.29) is 23.7 Å². The minimum absolute atomic E-state index is 0.0193. The molecule has 5 nitrogen and oxygen atoms in total. The van der Waals surface area contributed by atoms with Crippen molar-refractivity contribution in [1.82, 2.24) is 4.98 Å². The highest BCUT2D eigenvalue weighted by molar-refractivity contribution is 5.74. The maximum absolute atomic E-state index is 14.8. The maximum atomic E-state index is 14.8. The maximum Gasteiger partial charge on any atom is 0.218 e. The molecule has 0 radical (unpaired) electrons. The summed E-state index contributed by atoms with van der Waals surface area (Å²) in [6.07, 6.45) is 4.98. The number of nitrogens with zero attached hydrogens (tertiary/aromatic N) is 2. The summed E-state index contributed by atoms with van der Waals surface area (Å²) < 4.78 is 20.9. The van der Waals surface area contributed by atoms with E-state index in [0.717, 1.165) is 37.1 Å². The lowest BCUT2D eigenvalue weighted by atomic mass is 9.97. The molecule has 0 bridgehead atoms. The third kappa shape index (κ3) is 4.11. The van der Waals surface area contributed by atoms with Gasteiger partial charge in [-0.3, -0.25) is 9.78 Å². The fraction of sp³-hybridized carbons (Fsp3) is 0.455. The van der Waals surface area contributed by atoms with Crippen molar-refractivity contribution in [2.75, 3.05) is 18.0 Å². The lowest BCUT2D eigenvalue weighted by Crippen LogP contribution is -2.25. The van der Waals surface area contributed by atoms with Crippen LogP contribution in [0.2, 0.25) is 0 Å². The van der Waals surface area contributed by atoms with Crippen molar-refractivity contribution in [3.05, 3.63) is 53.6 Å². The second kappa shape index (κ2) is 7.78. The third-order valence-electron chi connectivity index (χ3n) is 5.60. The fourth-order valence-electron chi connectivity index (χ4n) is 3.87. The van der Waals surface area contributed by atoms with Crippen LogP contribution >= 0.6 is 0 Å². The molecule has 1 saturated heterocycles. The molecule has 2 N–H and O–H groups in total. The first-order valence-electron chi connectivity index (χ1n) is 9.95. The molecule has 1 aromatic carbocycles. The zero-order valence-electron chi connectivity index (χ0n) is 16.1. The van der Waals surface area contributed by atoms with Gasteiger partial charge >= 0.3 is 0 Å². The molecule has 2 aromatic rings. The van der Waals surface area contributed by atoms with Gasteiger partial charge in [-0.2, -0.15) is 0 Å². The summed E-state index contributed by atoms with van der Waals surface area (Å²) in [7, 11) is 0. The molecule has 6 heteroatoms. The van der Waals surface area contributed by atoms with Crippen molar-refractivity contribution in [2.45, 2.75) is 50.5 Å². The van der Waals surface area contributed by atoms with Crippen LogP contribution in [0.5, 0.6) is 5.75 Å². The molecule has 0 unspecified atom stereocenters. The van der Waals surface area contributed by atoms with E-state index in [1.807, 2.05) is 31.2 Å². The van der Waals surface area contributed by atoms with Crippen molar-refractivity contribution in [1.29, 1.82) is 0 Å². The number of hydrogen-bond acceptors (Lipinski definition) is 4. The molecule has 2 fully saturated rings. The Balaban J connectivity index is 1.37. The van der Waals surface area contributed by atoms with Crippen LogP contribution in [-0.4, -0.2) is 30.1 Å². The summed E-state index contributed by atoms with van der Waals surface area (Å²) in [6.45, 7) is 3.41. The van der Waals surface area contributed by atoms with E-state index >= 15 is 0 Å². The molecule has 0 spiro atoms. The van der Waals surface area contributed by atoms with Gasteiger partial charge in [0.05, 0.1) is 17.9 Å². The number of nitrogens with two attached hydrogens (primary N) is 1. The van der Waals surface area contributed by atoms with E-state index in [1.165, 1.54) is 0 Å². The van der Waals surface area contributed by atoms with Gasteiger partial charge in [-0.25, -0.2) is 4.39 Å². The Bertz CT molecular complexity index is 851. The number of hydrogen-bond donors (Lipinski definition) is 1. The van der Waals surface area contributed by atoms with Gasteiger partial charge in [0.25, 0.3) is 0 Å². The second-order valence-corrected chi connectivity index (χ2v) is 7.92. The summed E-state index contributed by atoms with van der Waals surface area (Å²) >= 11 is 0. The monoisotopic (exact) mass is 383 g/mol. The highest BCUT2D eigenvalue weighted by Gasteiger charge is 2.32. The first kappa shape index (κ1) is 18.7. The zero-order valence-corrected chi connectivity index (χ0v) is 16.1. The van der Waals surface area contributed by atoms with Crippen molar-refractivity contribution < 1.29 is 13.9 Å². The lowest BCUT2D eigenvalue weighted by Gasteiger charge is -2.20. The second-order valence-electron chi connectivity index (χ2n) is 7.92. The van der Waals surface area contributed by atoms with E-state index in [4.69, 9.17) is 10.5 Å². The Morgan fingerprint density at radius 1 is 1.29 bits per heavy atom. The lowest BCUT2D eigenvalue weighted by molar-refractivity contribution is -0.118. The van der Waals surface area contributed by atoms with Gasteiger partial charge < -0.3 is 15.4 Å².